The summed E-state index contributed by atoms with van der Waals surface area (Å²) in [5, 5.41) is 3.92. The van der Waals surface area contributed by atoms with Gasteiger partial charge in [-0.15, -0.1) is 0 Å². The van der Waals surface area contributed by atoms with Gasteiger partial charge in [0, 0.05) is 6.07 Å². The molecule has 1 saturated heterocycles. The zero-order valence-corrected chi connectivity index (χ0v) is 9.82. The number of para-hydroxylation sites is 1. The van der Waals surface area contributed by atoms with Crippen molar-refractivity contribution in [1.29, 1.82) is 0 Å². The number of fused-ring (bicyclic) bond motifs is 1. The fourth-order valence-corrected chi connectivity index (χ4v) is 1.83. The fraction of sp³-hybridized carbons (Fsp3) is 0.357. The summed E-state index contributed by atoms with van der Waals surface area (Å²) in [7, 11) is 0. The zero-order chi connectivity index (χ0) is 11.9. The number of benzene rings is 1. The van der Waals surface area contributed by atoms with E-state index in [9.17, 15) is 4.79 Å². The monoisotopic (exact) mass is 231 g/mol. The standard InChI is InChI=1S/C9H6O2.C5H11N/c10-8-5-6-11-9-4-2-1-3-7(8)9;1-2-4-6-5-3-1/h1-6H;6H,1-5H2. The van der Waals surface area contributed by atoms with E-state index in [1.807, 2.05) is 12.1 Å². The third-order valence-electron chi connectivity index (χ3n) is 2.77. The van der Waals surface area contributed by atoms with Crippen molar-refractivity contribution in [2.24, 2.45) is 0 Å². The van der Waals surface area contributed by atoms with Gasteiger partial charge < -0.3 is 9.73 Å². The number of hydrogen-bond donors (Lipinski definition) is 1. The molecule has 1 aliphatic rings. The molecule has 3 rings (SSSR count). The first kappa shape index (κ1) is 11.9. The molecular weight excluding hydrogens is 214 g/mol. The van der Waals surface area contributed by atoms with E-state index in [1.54, 1.807) is 12.1 Å². The number of rotatable bonds is 0. The molecule has 0 radical (unpaired) electrons. The van der Waals surface area contributed by atoms with Gasteiger partial charge in [0.15, 0.2) is 5.43 Å². The van der Waals surface area contributed by atoms with E-state index in [1.165, 1.54) is 44.7 Å². The van der Waals surface area contributed by atoms with Gasteiger partial charge in [-0.05, 0) is 38.1 Å². The molecular formula is C14H17NO2. The summed E-state index contributed by atoms with van der Waals surface area (Å²) in [5.74, 6) is 0. The molecule has 2 heterocycles. The Balaban J connectivity index is 0.000000153. The molecule has 90 valence electrons. The first-order valence-electron chi connectivity index (χ1n) is 6.05. The van der Waals surface area contributed by atoms with Crippen molar-refractivity contribution < 1.29 is 4.42 Å². The topological polar surface area (TPSA) is 42.2 Å². The maximum absolute atomic E-state index is 11.1. The van der Waals surface area contributed by atoms with Crippen LogP contribution >= 0.6 is 0 Å². The Bertz CT molecular complexity index is 498. The van der Waals surface area contributed by atoms with Crippen molar-refractivity contribution in [3.05, 3.63) is 46.8 Å². The average molecular weight is 231 g/mol. The second-order valence-corrected chi connectivity index (χ2v) is 4.09. The van der Waals surface area contributed by atoms with E-state index in [0.29, 0.717) is 11.0 Å². The first-order chi connectivity index (χ1) is 8.38. The van der Waals surface area contributed by atoms with Crippen molar-refractivity contribution >= 4 is 11.0 Å². The van der Waals surface area contributed by atoms with Crippen LogP contribution in [0.15, 0.2) is 45.8 Å². The largest absolute Gasteiger partial charge is 0.464 e. The van der Waals surface area contributed by atoms with Crippen LogP contribution < -0.4 is 10.7 Å². The van der Waals surface area contributed by atoms with Crippen molar-refractivity contribution in [2.45, 2.75) is 19.3 Å². The smallest absolute Gasteiger partial charge is 0.192 e. The third kappa shape index (κ3) is 3.43. The maximum atomic E-state index is 11.1. The summed E-state index contributed by atoms with van der Waals surface area (Å²) >= 11 is 0. The summed E-state index contributed by atoms with van der Waals surface area (Å²) in [6.07, 6.45) is 5.62. The van der Waals surface area contributed by atoms with Gasteiger partial charge in [0.2, 0.25) is 0 Å². The van der Waals surface area contributed by atoms with Gasteiger partial charge in [-0.2, -0.15) is 0 Å². The van der Waals surface area contributed by atoms with Crippen LogP contribution in [-0.2, 0) is 0 Å². The summed E-state index contributed by atoms with van der Waals surface area (Å²) in [6, 6.07) is 8.60. The van der Waals surface area contributed by atoms with E-state index >= 15 is 0 Å². The van der Waals surface area contributed by atoms with E-state index in [-0.39, 0.29) is 5.43 Å². The summed E-state index contributed by atoms with van der Waals surface area (Å²) in [5.41, 5.74) is 0.645. The van der Waals surface area contributed by atoms with Crippen LogP contribution in [0.25, 0.3) is 11.0 Å². The van der Waals surface area contributed by atoms with Gasteiger partial charge in [0.1, 0.15) is 5.58 Å². The molecule has 3 heteroatoms. The zero-order valence-electron chi connectivity index (χ0n) is 9.82. The van der Waals surface area contributed by atoms with E-state index in [2.05, 4.69) is 5.32 Å². The third-order valence-corrected chi connectivity index (χ3v) is 2.77. The Kier molecular flexibility index (Phi) is 4.33. The van der Waals surface area contributed by atoms with Crippen molar-refractivity contribution in [2.75, 3.05) is 13.1 Å². The van der Waals surface area contributed by atoms with Crippen molar-refractivity contribution in [3.8, 4) is 0 Å². The predicted molar refractivity (Wildman–Crippen MR) is 69.2 cm³/mol. The van der Waals surface area contributed by atoms with E-state index in [0.717, 1.165) is 0 Å². The van der Waals surface area contributed by atoms with Gasteiger partial charge in [-0.25, -0.2) is 0 Å². The molecule has 2 aromatic rings. The second kappa shape index (κ2) is 6.21. The minimum Gasteiger partial charge on any atom is -0.464 e. The molecule has 0 aliphatic carbocycles. The average Bonchev–Trinajstić information content (AvgIpc) is 2.42. The maximum Gasteiger partial charge on any atom is 0.192 e. The highest BCUT2D eigenvalue weighted by atomic mass is 16.3. The highest BCUT2D eigenvalue weighted by molar-refractivity contribution is 5.75. The predicted octanol–water partition coefficient (Wildman–Crippen LogP) is 2.55. The van der Waals surface area contributed by atoms with Crippen LogP contribution in [-0.4, -0.2) is 13.1 Å². The van der Waals surface area contributed by atoms with Crippen LogP contribution in [0.1, 0.15) is 19.3 Å². The number of hydrogen-bond acceptors (Lipinski definition) is 3. The van der Waals surface area contributed by atoms with Gasteiger partial charge in [-0.1, -0.05) is 18.6 Å². The molecule has 0 unspecified atom stereocenters. The van der Waals surface area contributed by atoms with Gasteiger partial charge in [0.25, 0.3) is 0 Å². The molecule has 1 aliphatic heterocycles. The summed E-state index contributed by atoms with van der Waals surface area (Å²) in [6.45, 7) is 2.50. The normalized spacial score (nSPS) is 15.1. The van der Waals surface area contributed by atoms with Gasteiger partial charge in [0.05, 0.1) is 11.6 Å². The molecule has 1 fully saturated rings. The molecule has 1 aromatic heterocycles. The number of nitrogens with one attached hydrogen (secondary N) is 1. The van der Waals surface area contributed by atoms with Gasteiger partial charge >= 0.3 is 0 Å². The second-order valence-electron chi connectivity index (χ2n) is 4.09. The van der Waals surface area contributed by atoms with Crippen LogP contribution in [0.5, 0.6) is 0 Å². The molecule has 1 aromatic carbocycles. The van der Waals surface area contributed by atoms with Crippen molar-refractivity contribution in [3.63, 3.8) is 0 Å². The summed E-state index contributed by atoms with van der Waals surface area (Å²) in [4.78, 5) is 11.1. The van der Waals surface area contributed by atoms with Crippen LogP contribution in [0, 0.1) is 0 Å². The van der Waals surface area contributed by atoms with Gasteiger partial charge in [-0.3, -0.25) is 4.79 Å². The molecule has 3 nitrogen and oxygen atoms in total. The highest BCUT2D eigenvalue weighted by Crippen LogP contribution is 2.06. The number of piperidine rings is 1. The van der Waals surface area contributed by atoms with Crippen molar-refractivity contribution in [1.82, 2.24) is 5.32 Å². The Morgan fingerprint density at radius 3 is 2.35 bits per heavy atom. The SMILES string of the molecule is C1CCNCC1.O=c1ccoc2ccccc12. The van der Waals surface area contributed by atoms with Crippen LogP contribution in [0.4, 0.5) is 0 Å². The van der Waals surface area contributed by atoms with E-state index < -0.39 is 0 Å². The molecule has 0 amide bonds. The summed E-state index contributed by atoms with van der Waals surface area (Å²) < 4.78 is 5.09. The first-order valence-corrected chi connectivity index (χ1v) is 6.05. The molecule has 1 N–H and O–H groups in total. The molecule has 0 saturated carbocycles. The molecule has 0 spiro atoms. The minimum atomic E-state index is 0.00634. The molecule has 0 bridgehead atoms. The van der Waals surface area contributed by atoms with E-state index in [4.69, 9.17) is 4.42 Å². The lowest BCUT2D eigenvalue weighted by molar-refractivity contribution is 0.520. The Labute approximate surface area is 100 Å². The van der Waals surface area contributed by atoms with Crippen LogP contribution in [0.3, 0.4) is 0 Å². The Hall–Kier alpha value is -1.61. The lowest BCUT2D eigenvalue weighted by Gasteiger charge is -2.08. The lowest BCUT2D eigenvalue weighted by atomic mass is 10.2. The molecule has 0 atom stereocenters. The quantitative estimate of drug-likeness (QED) is 0.757. The molecule has 17 heavy (non-hydrogen) atoms. The van der Waals surface area contributed by atoms with Crippen LogP contribution in [0.2, 0.25) is 0 Å². The Morgan fingerprint density at radius 2 is 1.76 bits per heavy atom. The highest BCUT2D eigenvalue weighted by Gasteiger charge is 1.95. The minimum absolute atomic E-state index is 0.00634. The fourth-order valence-electron chi connectivity index (χ4n) is 1.83. The lowest BCUT2D eigenvalue weighted by Crippen LogP contribution is -2.21. The Morgan fingerprint density at radius 1 is 1.00 bits per heavy atom.